The predicted molar refractivity (Wildman–Crippen MR) is 51.5 cm³/mol. The maximum atomic E-state index is 3.12. The van der Waals surface area contributed by atoms with Gasteiger partial charge in [0.2, 0.25) is 0 Å². The molecule has 0 saturated carbocycles. The normalized spacial score (nSPS) is 9.00. The number of benzene rings is 1. The van der Waals surface area contributed by atoms with E-state index < -0.39 is 0 Å². The molecule has 1 aromatic rings. The van der Waals surface area contributed by atoms with Gasteiger partial charge in [0.15, 0.2) is 0 Å². The molecule has 0 aliphatic heterocycles. The third-order valence-corrected chi connectivity index (χ3v) is 2.02. The van der Waals surface area contributed by atoms with Crippen molar-refractivity contribution in [3.8, 4) is 0 Å². The fourth-order valence-corrected chi connectivity index (χ4v) is 1.12. The second kappa shape index (κ2) is 3.83. The Kier molecular flexibility index (Phi) is 3.02. The van der Waals surface area contributed by atoms with Crippen LogP contribution in [0.4, 0.5) is 11.4 Å². The lowest BCUT2D eigenvalue weighted by atomic mass is 10.3. The molecule has 0 fully saturated rings. The largest absolute Gasteiger partial charge is 0.322 e. The topological polar surface area (TPSA) is 24.1 Å². The van der Waals surface area contributed by atoms with E-state index in [9.17, 15) is 0 Å². The highest BCUT2D eigenvalue weighted by molar-refractivity contribution is 9.10. The van der Waals surface area contributed by atoms with E-state index in [0.717, 1.165) is 11.4 Å². The Hall–Kier alpha value is -0.220. The number of rotatable bonds is 2. The van der Waals surface area contributed by atoms with Gasteiger partial charge in [0.25, 0.3) is 0 Å². The standard InChI is InChI=1S/C6H6Br2N2/c7-9-5-1-2-6(10-8)4-3-5/h1-4,9-10H. The molecule has 1 aromatic carbocycles. The summed E-state index contributed by atoms with van der Waals surface area (Å²) in [7, 11) is 0. The monoisotopic (exact) mass is 264 g/mol. The molecule has 0 saturated heterocycles. The van der Waals surface area contributed by atoms with Gasteiger partial charge in [0, 0.05) is 43.7 Å². The second-order valence-corrected chi connectivity index (χ2v) is 2.56. The molecule has 54 valence electrons. The summed E-state index contributed by atoms with van der Waals surface area (Å²) in [4.78, 5) is 0. The molecule has 0 heterocycles. The first-order valence-corrected chi connectivity index (χ1v) is 4.29. The average molecular weight is 266 g/mol. The molecular weight excluding hydrogens is 260 g/mol. The van der Waals surface area contributed by atoms with Crippen molar-refractivity contribution in [2.45, 2.75) is 0 Å². The lowest BCUT2D eigenvalue weighted by molar-refractivity contribution is 1.68. The number of nitrogens with one attached hydrogen (secondary N) is 2. The second-order valence-electron chi connectivity index (χ2n) is 1.77. The molecule has 0 unspecified atom stereocenters. The van der Waals surface area contributed by atoms with Crippen LogP contribution in [-0.2, 0) is 0 Å². The van der Waals surface area contributed by atoms with Crippen LogP contribution in [0.25, 0.3) is 0 Å². The summed E-state index contributed by atoms with van der Waals surface area (Å²) in [5.74, 6) is 0. The van der Waals surface area contributed by atoms with Gasteiger partial charge in [-0.3, -0.25) is 0 Å². The van der Waals surface area contributed by atoms with E-state index in [1.165, 1.54) is 0 Å². The molecule has 0 amide bonds. The average Bonchev–Trinajstić information content (AvgIpc) is 2.05. The molecule has 2 nitrogen and oxygen atoms in total. The van der Waals surface area contributed by atoms with Crippen LogP contribution in [-0.4, -0.2) is 0 Å². The van der Waals surface area contributed by atoms with E-state index in [2.05, 4.69) is 41.0 Å². The van der Waals surface area contributed by atoms with Crippen LogP contribution >= 0.6 is 32.3 Å². The van der Waals surface area contributed by atoms with Crippen LogP contribution in [0.15, 0.2) is 24.3 Å². The Morgan fingerprint density at radius 1 is 0.800 bits per heavy atom. The lowest BCUT2D eigenvalue weighted by Gasteiger charge is -1.98. The van der Waals surface area contributed by atoms with Crippen molar-refractivity contribution in [2.24, 2.45) is 0 Å². The van der Waals surface area contributed by atoms with Crippen molar-refractivity contribution in [3.63, 3.8) is 0 Å². The summed E-state index contributed by atoms with van der Waals surface area (Å²) in [5, 5.41) is 0. The minimum absolute atomic E-state index is 1.03. The maximum absolute atomic E-state index is 3.12. The fourth-order valence-electron chi connectivity index (χ4n) is 0.596. The smallest absolute Gasteiger partial charge is 0.0465 e. The number of anilines is 2. The van der Waals surface area contributed by atoms with E-state index in [-0.39, 0.29) is 0 Å². The molecule has 2 N–H and O–H groups in total. The Balaban J connectivity index is 2.80. The van der Waals surface area contributed by atoms with Crippen molar-refractivity contribution in [1.29, 1.82) is 0 Å². The summed E-state index contributed by atoms with van der Waals surface area (Å²) >= 11 is 6.24. The van der Waals surface area contributed by atoms with Crippen LogP contribution in [0.5, 0.6) is 0 Å². The third kappa shape index (κ3) is 1.88. The van der Waals surface area contributed by atoms with Gasteiger partial charge in [0.1, 0.15) is 0 Å². The minimum Gasteiger partial charge on any atom is -0.322 e. The van der Waals surface area contributed by atoms with E-state index in [1.807, 2.05) is 24.3 Å². The molecule has 0 aliphatic carbocycles. The van der Waals surface area contributed by atoms with Gasteiger partial charge in [0.05, 0.1) is 0 Å². The number of halogens is 2. The Bertz CT molecular complexity index is 174. The molecule has 0 aliphatic rings. The summed E-state index contributed by atoms with van der Waals surface area (Å²) in [6.07, 6.45) is 0. The minimum atomic E-state index is 1.03. The molecule has 10 heavy (non-hydrogen) atoms. The fraction of sp³-hybridized carbons (Fsp3) is 0. The van der Waals surface area contributed by atoms with Crippen LogP contribution in [0.2, 0.25) is 0 Å². The molecule has 4 heteroatoms. The molecule has 0 spiro atoms. The van der Waals surface area contributed by atoms with Crippen LogP contribution in [0.1, 0.15) is 0 Å². The number of hydrogen-bond donors (Lipinski definition) is 2. The van der Waals surface area contributed by atoms with Gasteiger partial charge >= 0.3 is 0 Å². The van der Waals surface area contributed by atoms with Crippen LogP contribution < -0.4 is 8.69 Å². The van der Waals surface area contributed by atoms with E-state index in [4.69, 9.17) is 0 Å². The van der Waals surface area contributed by atoms with Crippen molar-refractivity contribution in [2.75, 3.05) is 8.69 Å². The highest BCUT2D eigenvalue weighted by atomic mass is 79.9. The van der Waals surface area contributed by atoms with Crippen molar-refractivity contribution < 1.29 is 0 Å². The maximum Gasteiger partial charge on any atom is 0.0465 e. The zero-order chi connectivity index (χ0) is 7.40. The Labute approximate surface area is 76.7 Å². The van der Waals surface area contributed by atoms with Gasteiger partial charge < -0.3 is 8.69 Å². The number of hydrogen-bond acceptors (Lipinski definition) is 2. The van der Waals surface area contributed by atoms with E-state index >= 15 is 0 Å². The summed E-state index contributed by atoms with van der Waals surface area (Å²) in [6.45, 7) is 0. The van der Waals surface area contributed by atoms with E-state index in [1.54, 1.807) is 0 Å². The zero-order valence-electron chi connectivity index (χ0n) is 5.07. The highest BCUT2D eigenvalue weighted by Crippen LogP contribution is 2.14. The predicted octanol–water partition coefficient (Wildman–Crippen LogP) is 3.13. The molecule has 0 atom stereocenters. The SMILES string of the molecule is BrNc1ccc(NBr)cc1. The first kappa shape index (κ1) is 7.88. The summed E-state index contributed by atoms with van der Waals surface area (Å²) in [5.41, 5.74) is 2.07. The molecule has 0 bridgehead atoms. The molecule has 0 aromatic heterocycles. The van der Waals surface area contributed by atoms with E-state index in [0.29, 0.717) is 0 Å². The van der Waals surface area contributed by atoms with Gasteiger partial charge in [-0.2, -0.15) is 0 Å². The zero-order valence-corrected chi connectivity index (χ0v) is 8.24. The van der Waals surface area contributed by atoms with Crippen LogP contribution in [0.3, 0.4) is 0 Å². The molecule has 1 rings (SSSR count). The molecular formula is C6H6Br2N2. The van der Waals surface area contributed by atoms with Crippen molar-refractivity contribution in [1.82, 2.24) is 0 Å². The first-order chi connectivity index (χ1) is 4.86. The van der Waals surface area contributed by atoms with Gasteiger partial charge in [-0.15, -0.1) is 0 Å². The van der Waals surface area contributed by atoms with Crippen molar-refractivity contribution in [3.05, 3.63) is 24.3 Å². The quantitative estimate of drug-likeness (QED) is 0.803. The highest BCUT2D eigenvalue weighted by Gasteiger charge is 1.88. The Morgan fingerprint density at radius 2 is 1.10 bits per heavy atom. The van der Waals surface area contributed by atoms with Gasteiger partial charge in [-0.25, -0.2) is 0 Å². The van der Waals surface area contributed by atoms with Gasteiger partial charge in [-0.1, -0.05) is 0 Å². The summed E-state index contributed by atoms with van der Waals surface area (Å²) < 4.78 is 5.70. The first-order valence-electron chi connectivity index (χ1n) is 2.70. The lowest BCUT2D eigenvalue weighted by Crippen LogP contribution is -1.80. The molecule has 0 radical (unpaired) electrons. The van der Waals surface area contributed by atoms with Crippen molar-refractivity contribution >= 4 is 43.7 Å². The summed E-state index contributed by atoms with van der Waals surface area (Å²) in [6, 6.07) is 7.83. The van der Waals surface area contributed by atoms with Gasteiger partial charge in [-0.05, 0) is 24.3 Å². The third-order valence-electron chi connectivity index (χ3n) is 1.10. The van der Waals surface area contributed by atoms with Crippen LogP contribution in [0, 0.1) is 0 Å². The Morgan fingerprint density at radius 3 is 1.30 bits per heavy atom.